The molecule has 223 valence electrons. The molecule has 1 nitrogen and oxygen atoms in total. The van der Waals surface area contributed by atoms with Gasteiger partial charge in [0.1, 0.15) is 0 Å². The second kappa shape index (κ2) is 10.9. The van der Waals surface area contributed by atoms with Crippen LogP contribution < -0.4 is 0 Å². The van der Waals surface area contributed by atoms with Gasteiger partial charge in [-0.1, -0.05) is 66.7 Å². The van der Waals surface area contributed by atoms with Crippen LogP contribution >= 0.6 is 0 Å². The molecule has 4 aromatic carbocycles. The van der Waals surface area contributed by atoms with Gasteiger partial charge in [0, 0.05) is 5.92 Å². The number of Topliss-reactive ketones (excluding diaryl/α,β-unsaturated/α-hetero) is 1. The summed E-state index contributed by atoms with van der Waals surface area (Å²) < 4.78 is 122. The quantitative estimate of drug-likeness (QED) is 0.200. The molecule has 10 heteroatoms. The lowest BCUT2D eigenvalue weighted by molar-refractivity contribution is -0.138. The second-order valence-corrected chi connectivity index (χ2v) is 10.7. The van der Waals surface area contributed by atoms with Crippen molar-refractivity contribution in [3.05, 3.63) is 142 Å². The minimum atomic E-state index is -4.68. The summed E-state index contributed by atoms with van der Waals surface area (Å²) in [5.41, 5.74) is -3.15. The lowest BCUT2D eigenvalue weighted by atomic mass is 9.70. The predicted molar refractivity (Wildman–Crippen MR) is 140 cm³/mol. The van der Waals surface area contributed by atoms with Crippen molar-refractivity contribution in [3.63, 3.8) is 0 Å². The van der Waals surface area contributed by atoms with E-state index in [1.807, 2.05) is 0 Å². The van der Waals surface area contributed by atoms with Crippen molar-refractivity contribution in [2.45, 2.75) is 49.1 Å². The molecule has 0 amide bonds. The number of hydrogen-bond acceptors (Lipinski definition) is 1. The molecule has 1 atom stereocenters. The predicted octanol–water partition coefficient (Wildman–Crippen LogP) is 9.18. The van der Waals surface area contributed by atoms with E-state index in [9.17, 15) is 44.3 Å². The number of carbonyl (C=O) groups is 1. The molecule has 1 aliphatic carbocycles. The molecule has 0 aliphatic heterocycles. The van der Waals surface area contributed by atoms with Crippen LogP contribution in [-0.4, -0.2) is 5.78 Å². The fourth-order valence-electron chi connectivity index (χ4n) is 5.92. The molecule has 0 bridgehead atoms. The molecule has 0 saturated heterocycles. The van der Waals surface area contributed by atoms with Gasteiger partial charge in [0.25, 0.3) is 0 Å². The van der Waals surface area contributed by atoms with Gasteiger partial charge in [-0.3, -0.25) is 4.79 Å². The molecule has 0 heterocycles. The average Bonchev–Trinajstić information content (AvgIpc) is 3.15. The first-order valence-corrected chi connectivity index (χ1v) is 13.1. The van der Waals surface area contributed by atoms with Crippen LogP contribution in [0.3, 0.4) is 0 Å². The summed E-state index contributed by atoms with van der Waals surface area (Å²) in [5, 5.41) is 0. The zero-order valence-electron chi connectivity index (χ0n) is 22.2. The van der Waals surface area contributed by atoms with Crippen molar-refractivity contribution in [2.24, 2.45) is 0 Å². The normalized spacial score (nSPS) is 16.8. The highest BCUT2D eigenvalue weighted by molar-refractivity contribution is 6.01. The van der Waals surface area contributed by atoms with Crippen LogP contribution in [0.15, 0.2) is 91.0 Å². The first kappa shape index (κ1) is 30.4. The summed E-state index contributed by atoms with van der Waals surface area (Å²) in [6.45, 7) is 0. The van der Waals surface area contributed by atoms with Crippen molar-refractivity contribution in [1.82, 2.24) is 0 Å². The summed E-state index contributed by atoms with van der Waals surface area (Å²) >= 11 is 0. The molecule has 1 radical (unpaired) electrons. The highest BCUT2D eigenvalue weighted by atomic mass is 19.4. The van der Waals surface area contributed by atoms with Gasteiger partial charge in [-0.15, -0.1) is 0 Å². The standard InChI is InChI=1S/C33H22F9O/c34-31(35,36)23-9-3-6-20(14-23)17-27-26-12-1-2-13-28(26)30(29(27)43,18-21-7-4-10-24(15-21)32(37,38)39)19-22-8-5-11-25(16-22)33(40,41)42/h1,3-16,27H,17-19H2. The van der Waals surface area contributed by atoms with Gasteiger partial charge in [0.15, 0.2) is 5.78 Å². The fourth-order valence-corrected chi connectivity index (χ4v) is 5.92. The van der Waals surface area contributed by atoms with Crippen LogP contribution in [0.5, 0.6) is 0 Å². The second-order valence-electron chi connectivity index (χ2n) is 10.7. The fraction of sp³-hybridized carbons (Fsp3) is 0.242. The number of alkyl halides is 9. The minimum Gasteiger partial charge on any atom is -0.298 e. The van der Waals surface area contributed by atoms with Gasteiger partial charge < -0.3 is 0 Å². The lowest BCUT2D eigenvalue weighted by Gasteiger charge is -2.31. The largest absolute Gasteiger partial charge is 0.416 e. The minimum absolute atomic E-state index is 0.129. The van der Waals surface area contributed by atoms with Crippen molar-refractivity contribution >= 4 is 5.78 Å². The van der Waals surface area contributed by atoms with Gasteiger partial charge in [-0.25, -0.2) is 0 Å². The van der Waals surface area contributed by atoms with Crippen LogP contribution in [0.4, 0.5) is 39.5 Å². The van der Waals surface area contributed by atoms with Gasteiger partial charge in [-0.05, 0) is 77.4 Å². The van der Waals surface area contributed by atoms with Crippen molar-refractivity contribution < 1.29 is 44.3 Å². The first-order valence-electron chi connectivity index (χ1n) is 13.1. The lowest BCUT2D eigenvalue weighted by Crippen LogP contribution is -2.38. The number of fused-ring (bicyclic) bond motifs is 1. The molecule has 1 aliphatic rings. The SMILES string of the molecule is O=C1C(Cc2cccc(C(F)(F)F)c2)c2cc[c]cc2C1(Cc1cccc(C(F)(F)F)c1)Cc1cccc(C(F)(F)F)c1. The topological polar surface area (TPSA) is 17.1 Å². The zero-order chi connectivity index (χ0) is 31.2. The number of halogens is 9. The van der Waals surface area contributed by atoms with Gasteiger partial charge in [0.2, 0.25) is 0 Å². The molecule has 4 aromatic rings. The third kappa shape index (κ3) is 6.19. The molecular weight excluding hydrogens is 583 g/mol. The Hall–Kier alpha value is -4.08. The van der Waals surface area contributed by atoms with Gasteiger partial charge in [0.05, 0.1) is 22.1 Å². The van der Waals surface area contributed by atoms with Crippen LogP contribution in [0.25, 0.3) is 0 Å². The molecule has 5 rings (SSSR count). The summed E-state index contributed by atoms with van der Waals surface area (Å²) in [7, 11) is 0. The first-order chi connectivity index (χ1) is 20.1. The van der Waals surface area contributed by atoms with E-state index in [1.54, 1.807) is 6.07 Å². The third-order valence-corrected chi connectivity index (χ3v) is 7.79. The summed E-state index contributed by atoms with van der Waals surface area (Å²) in [6, 6.07) is 20.6. The third-order valence-electron chi connectivity index (χ3n) is 7.79. The maximum Gasteiger partial charge on any atom is 0.416 e. The van der Waals surface area contributed by atoms with Crippen molar-refractivity contribution in [1.29, 1.82) is 0 Å². The maximum absolute atomic E-state index is 14.5. The highest BCUT2D eigenvalue weighted by Gasteiger charge is 2.51. The van der Waals surface area contributed by atoms with E-state index in [4.69, 9.17) is 0 Å². The van der Waals surface area contributed by atoms with Gasteiger partial charge >= 0.3 is 18.5 Å². The van der Waals surface area contributed by atoms with E-state index in [0.717, 1.165) is 36.4 Å². The Kier molecular flexibility index (Phi) is 7.69. The number of ketones is 1. The van der Waals surface area contributed by atoms with Crippen molar-refractivity contribution in [2.75, 3.05) is 0 Å². The van der Waals surface area contributed by atoms with Crippen LogP contribution in [-0.2, 0) is 48.0 Å². The zero-order valence-corrected chi connectivity index (χ0v) is 22.2. The summed E-state index contributed by atoms with van der Waals surface area (Å²) in [4.78, 5) is 14.5. The van der Waals surface area contributed by atoms with E-state index >= 15 is 0 Å². The molecule has 0 saturated carbocycles. The molecule has 0 spiro atoms. The molecule has 0 N–H and O–H groups in total. The molecule has 43 heavy (non-hydrogen) atoms. The number of carbonyl (C=O) groups excluding carboxylic acids is 1. The van der Waals surface area contributed by atoms with Crippen molar-refractivity contribution in [3.8, 4) is 0 Å². The van der Waals surface area contributed by atoms with Gasteiger partial charge in [-0.2, -0.15) is 39.5 Å². The Morgan fingerprint density at radius 3 is 1.53 bits per heavy atom. The number of hydrogen-bond donors (Lipinski definition) is 0. The molecular formula is C33H22F9O. The Labute approximate surface area is 241 Å². The Morgan fingerprint density at radius 2 is 1.07 bits per heavy atom. The molecule has 0 aromatic heterocycles. The Balaban J connectivity index is 1.64. The van der Waals surface area contributed by atoms with E-state index < -0.39 is 52.3 Å². The van der Waals surface area contributed by atoms with E-state index in [0.29, 0.717) is 11.1 Å². The highest BCUT2D eigenvalue weighted by Crippen LogP contribution is 2.49. The summed E-state index contributed by atoms with van der Waals surface area (Å²) in [5.74, 6) is -1.50. The smallest absolute Gasteiger partial charge is 0.298 e. The average molecular weight is 606 g/mol. The van der Waals surface area contributed by atoms with E-state index in [-0.39, 0.29) is 36.0 Å². The monoisotopic (exact) mass is 605 g/mol. The number of benzene rings is 4. The summed E-state index contributed by atoms with van der Waals surface area (Å²) in [6.07, 6.45) is -14.7. The van der Waals surface area contributed by atoms with E-state index in [1.165, 1.54) is 48.5 Å². The molecule has 0 fully saturated rings. The van der Waals surface area contributed by atoms with Crippen LogP contribution in [0.1, 0.15) is 50.4 Å². The van der Waals surface area contributed by atoms with E-state index in [2.05, 4.69) is 6.07 Å². The van der Waals surface area contributed by atoms with Crippen LogP contribution in [0.2, 0.25) is 0 Å². The Morgan fingerprint density at radius 1 is 0.628 bits per heavy atom. The Bertz CT molecular complexity index is 1590. The van der Waals surface area contributed by atoms with Crippen LogP contribution in [0, 0.1) is 6.07 Å². The number of rotatable bonds is 6. The molecule has 1 unspecified atom stereocenters. The maximum atomic E-state index is 14.5.